The molecule has 2 atom stereocenters. The van der Waals surface area contributed by atoms with Gasteiger partial charge in [0.15, 0.2) is 0 Å². The lowest BCUT2D eigenvalue weighted by Crippen LogP contribution is -2.31. The second kappa shape index (κ2) is 5.50. The maximum Gasteiger partial charge on any atom is 0.0687 e. The predicted molar refractivity (Wildman–Crippen MR) is 65.5 cm³/mol. The topological polar surface area (TPSA) is 29.5 Å². The fraction of sp³-hybridized carbons (Fsp3) is 1.00. The molecule has 2 rings (SSSR count). The molecule has 2 aliphatic rings. The maximum atomic E-state index is 9.23. The summed E-state index contributed by atoms with van der Waals surface area (Å²) in [5.41, 5.74) is 0.272. The van der Waals surface area contributed by atoms with Crippen molar-refractivity contribution in [3.63, 3.8) is 0 Å². The van der Waals surface area contributed by atoms with Crippen molar-refractivity contribution in [3.8, 4) is 0 Å². The van der Waals surface area contributed by atoms with Gasteiger partial charge in [-0.15, -0.1) is 0 Å². The van der Waals surface area contributed by atoms with Gasteiger partial charge >= 0.3 is 0 Å². The largest absolute Gasteiger partial charge is 0.393 e. The van der Waals surface area contributed by atoms with Crippen LogP contribution in [0.4, 0.5) is 0 Å². The van der Waals surface area contributed by atoms with Gasteiger partial charge in [-0.05, 0) is 51.9 Å². The van der Waals surface area contributed by atoms with Crippen LogP contribution >= 0.6 is 0 Å². The van der Waals surface area contributed by atoms with Crippen molar-refractivity contribution < 1.29 is 9.84 Å². The number of hydrogen-bond donors (Lipinski definition) is 1. The Labute approximate surface area is 99.4 Å². The number of rotatable bonds is 4. The molecule has 1 saturated carbocycles. The highest BCUT2D eigenvalue weighted by Gasteiger charge is 2.40. The fourth-order valence-corrected chi connectivity index (χ4v) is 3.30. The predicted octanol–water partition coefficient (Wildman–Crippen LogP) is 3.42. The molecule has 1 aliphatic heterocycles. The Bertz CT molecular complexity index is 207. The highest BCUT2D eigenvalue weighted by molar-refractivity contribution is 4.91. The summed E-state index contributed by atoms with van der Waals surface area (Å²) < 4.78 is 6.29. The zero-order valence-corrected chi connectivity index (χ0v) is 10.6. The Hall–Kier alpha value is -0.0800. The Balaban J connectivity index is 1.70. The third-order valence-corrected chi connectivity index (χ3v) is 4.25. The molecule has 2 heteroatoms. The van der Waals surface area contributed by atoms with Gasteiger partial charge in [0.1, 0.15) is 0 Å². The van der Waals surface area contributed by atoms with Crippen LogP contribution in [0, 0.1) is 0 Å². The van der Waals surface area contributed by atoms with Crippen LogP contribution in [0.5, 0.6) is 0 Å². The first-order valence-corrected chi connectivity index (χ1v) is 7.06. The molecule has 2 nitrogen and oxygen atoms in total. The Morgan fingerprint density at radius 2 is 2.00 bits per heavy atom. The third kappa shape index (κ3) is 3.21. The van der Waals surface area contributed by atoms with Crippen molar-refractivity contribution >= 4 is 0 Å². The molecule has 1 saturated heterocycles. The SMILES string of the molecule is CC(O)CCCC1CCC2(CCCCC2)O1. The Morgan fingerprint density at radius 3 is 2.69 bits per heavy atom. The van der Waals surface area contributed by atoms with Gasteiger partial charge in [0.05, 0.1) is 17.8 Å². The minimum atomic E-state index is -0.148. The molecule has 1 aliphatic carbocycles. The van der Waals surface area contributed by atoms with Crippen LogP contribution < -0.4 is 0 Å². The van der Waals surface area contributed by atoms with E-state index in [0.29, 0.717) is 6.10 Å². The summed E-state index contributed by atoms with van der Waals surface area (Å²) in [6.07, 6.45) is 12.8. The molecule has 0 bridgehead atoms. The van der Waals surface area contributed by atoms with Gasteiger partial charge < -0.3 is 9.84 Å². The van der Waals surface area contributed by atoms with E-state index >= 15 is 0 Å². The molecule has 94 valence electrons. The first kappa shape index (κ1) is 12.4. The monoisotopic (exact) mass is 226 g/mol. The van der Waals surface area contributed by atoms with Gasteiger partial charge in [-0.2, -0.15) is 0 Å². The molecule has 16 heavy (non-hydrogen) atoms. The molecular weight excluding hydrogens is 200 g/mol. The zero-order chi connectivity index (χ0) is 11.4. The van der Waals surface area contributed by atoms with Crippen molar-refractivity contribution in [3.05, 3.63) is 0 Å². The summed E-state index contributed by atoms with van der Waals surface area (Å²) in [6, 6.07) is 0. The van der Waals surface area contributed by atoms with E-state index < -0.39 is 0 Å². The van der Waals surface area contributed by atoms with E-state index in [9.17, 15) is 5.11 Å². The molecule has 2 unspecified atom stereocenters. The molecule has 1 heterocycles. The van der Waals surface area contributed by atoms with Gasteiger partial charge in [0.2, 0.25) is 0 Å². The van der Waals surface area contributed by atoms with Crippen LogP contribution in [0.1, 0.15) is 71.1 Å². The minimum Gasteiger partial charge on any atom is -0.393 e. The van der Waals surface area contributed by atoms with Crippen molar-refractivity contribution in [2.24, 2.45) is 0 Å². The van der Waals surface area contributed by atoms with E-state index in [1.165, 1.54) is 44.9 Å². The molecule has 0 aromatic heterocycles. The molecule has 1 spiro atoms. The summed E-state index contributed by atoms with van der Waals surface area (Å²) in [7, 11) is 0. The number of aliphatic hydroxyl groups is 1. The number of hydrogen-bond acceptors (Lipinski definition) is 2. The van der Waals surface area contributed by atoms with Crippen LogP contribution in [0.3, 0.4) is 0 Å². The molecule has 0 amide bonds. The second-order valence-corrected chi connectivity index (χ2v) is 5.80. The summed E-state index contributed by atoms with van der Waals surface area (Å²) in [6.45, 7) is 1.87. The van der Waals surface area contributed by atoms with Gasteiger partial charge in [0, 0.05) is 0 Å². The molecule has 2 fully saturated rings. The van der Waals surface area contributed by atoms with Crippen molar-refractivity contribution in [1.82, 2.24) is 0 Å². The van der Waals surface area contributed by atoms with Gasteiger partial charge in [0.25, 0.3) is 0 Å². The lowest BCUT2D eigenvalue weighted by Gasteiger charge is -2.33. The summed E-state index contributed by atoms with van der Waals surface area (Å²) in [5, 5.41) is 9.23. The smallest absolute Gasteiger partial charge is 0.0687 e. The van der Waals surface area contributed by atoms with Crippen LogP contribution in [0.2, 0.25) is 0 Å². The molecule has 0 aromatic rings. The zero-order valence-electron chi connectivity index (χ0n) is 10.6. The van der Waals surface area contributed by atoms with E-state index in [-0.39, 0.29) is 11.7 Å². The van der Waals surface area contributed by atoms with E-state index in [1.54, 1.807) is 0 Å². The first-order valence-electron chi connectivity index (χ1n) is 7.06. The molecule has 1 N–H and O–H groups in total. The van der Waals surface area contributed by atoms with Gasteiger partial charge in [-0.25, -0.2) is 0 Å². The average molecular weight is 226 g/mol. The highest BCUT2D eigenvalue weighted by atomic mass is 16.5. The minimum absolute atomic E-state index is 0.148. The van der Waals surface area contributed by atoms with Crippen LogP contribution in [-0.4, -0.2) is 22.9 Å². The highest BCUT2D eigenvalue weighted by Crippen LogP contribution is 2.42. The Morgan fingerprint density at radius 1 is 1.25 bits per heavy atom. The first-order chi connectivity index (χ1) is 7.70. The van der Waals surface area contributed by atoms with E-state index in [4.69, 9.17) is 4.74 Å². The van der Waals surface area contributed by atoms with Crippen LogP contribution in [0.15, 0.2) is 0 Å². The normalized spacial score (nSPS) is 30.8. The summed E-state index contributed by atoms with van der Waals surface area (Å²) >= 11 is 0. The molecular formula is C14H26O2. The van der Waals surface area contributed by atoms with Crippen LogP contribution in [-0.2, 0) is 4.74 Å². The quantitative estimate of drug-likeness (QED) is 0.796. The van der Waals surface area contributed by atoms with Crippen molar-refractivity contribution in [2.75, 3.05) is 0 Å². The summed E-state index contributed by atoms with van der Waals surface area (Å²) in [4.78, 5) is 0. The van der Waals surface area contributed by atoms with Gasteiger partial charge in [-0.1, -0.05) is 19.3 Å². The fourth-order valence-electron chi connectivity index (χ4n) is 3.30. The standard InChI is InChI=1S/C14H26O2/c1-12(15)6-5-7-13-8-11-14(16-13)9-3-2-4-10-14/h12-13,15H,2-11H2,1H3. The van der Waals surface area contributed by atoms with E-state index in [0.717, 1.165) is 19.3 Å². The van der Waals surface area contributed by atoms with E-state index in [2.05, 4.69) is 0 Å². The van der Waals surface area contributed by atoms with E-state index in [1.807, 2.05) is 6.92 Å². The molecule has 0 radical (unpaired) electrons. The molecule has 0 aromatic carbocycles. The average Bonchev–Trinajstić information content (AvgIpc) is 2.62. The third-order valence-electron chi connectivity index (χ3n) is 4.25. The van der Waals surface area contributed by atoms with Crippen molar-refractivity contribution in [2.45, 2.75) is 88.9 Å². The number of aliphatic hydroxyl groups excluding tert-OH is 1. The number of ether oxygens (including phenoxy) is 1. The maximum absolute atomic E-state index is 9.23. The van der Waals surface area contributed by atoms with Gasteiger partial charge in [-0.3, -0.25) is 0 Å². The summed E-state index contributed by atoms with van der Waals surface area (Å²) in [5.74, 6) is 0. The lowest BCUT2D eigenvalue weighted by molar-refractivity contribution is -0.0665. The second-order valence-electron chi connectivity index (χ2n) is 5.80. The van der Waals surface area contributed by atoms with Crippen LogP contribution in [0.25, 0.3) is 0 Å². The van der Waals surface area contributed by atoms with Crippen molar-refractivity contribution in [1.29, 1.82) is 0 Å². The Kier molecular flexibility index (Phi) is 4.26. The lowest BCUT2D eigenvalue weighted by atomic mass is 9.83.